The predicted molar refractivity (Wildman–Crippen MR) is 97.7 cm³/mol. The van der Waals surface area contributed by atoms with Gasteiger partial charge in [-0.1, -0.05) is 45.1 Å². The van der Waals surface area contributed by atoms with Crippen molar-refractivity contribution in [1.82, 2.24) is 0 Å². The molecule has 3 heteroatoms. The molecule has 0 spiro atoms. The normalized spacial score (nSPS) is 38.9. The Morgan fingerprint density at radius 2 is 2.04 bits per heavy atom. The zero-order chi connectivity index (χ0) is 17.0. The fourth-order valence-corrected chi connectivity index (χ4v) is 5.86. The summed E-state index contributed by atoms with van der Waals surface area (Å²) in [6, 6.07) is 0. The summed E-state index contributed by atoms with van der Waals surface area (Å²) in [6.07, 6.45) is 12.3. The minimum absolute atomic E-state index is 0.0634. The average molecular weight is 331 g/mol. The molecule has 5 atom stereocenters. The summed E-state index contributed by atoms with van der Waals surface area (Å²) in [7, 11) is -1.87. The van der Waals surface area contributed by atoms with Crippen molar-refractivity contribution in [1.29, 1.82) is 0 Å². The maximum absolute atomic E-state index is 12.9. The SMILES string of the molecule is C=CC[C@@]12C(=O)C=C[C@H](O[Si](C)(C)C(C)(C)C)[C@@H]1[C@@H]1C=C[C@H]2C1. The number of fused-ring (bicyclic) bond motifs is 5. The molecule has 0 amide bonds. The molecule has 1 fully saturated rings. The first kappa shape index (κ1) is 16.9. The third-order valence-corrected chi connectivity index (χ3v) is 11.3. The summed E-state index contributed by atoms with van der Waals surface area (Å²) in [4.78, 5) is 12.9. The van der Waals surface area contributed by atoms with Crippen LogP contribution in [0.25, 0.3) is 0 Å². The number of allylic oxidation sites excluding steroid dienone is 4. The highest BCUT2D eigenvalue weighted by atomic mass is 28.4. The molecule has 3 rings (SSSR count). The standard InChI is InChI=1S/C20H30O2Si/c1-7-12-20-15-9-8-14(13-15)18(20)16(10-11-17(20)21)22-23(5,6)19(2,3)4/h7-11,14-16,18H,1,12-13H2,2-6H3/t14-,15+,16+,18+,20-/m1/s1. The number of hydrogen-bond acceptors (Lipinski definition) is 2. The van der Waals surface area contributed by atoms with E-state index in [4.69, 9.17) is 4.43 Å². The molecule has 3 aliphatic rings. The Kier molecular flexibility index (Phi) is 3.88. The first-order valence-corrected chi connectivity index (χ1v) is 11.7. The van der Waals surface area contributed by atoms with Gasteiger partial charge in [0.15, 0.2) is 14.1 Å². The number of carbonyl (C=O) groups excluding carboxylic acids is 1. The quantitative estimate of drug-likeness (QED) is 0.541. The second-order valence-electron chi connectivity index (χ2n) is 9.02. The van der Waals surface area contributed by atoms with Crippen LogP contribution >= 0.6 is 0 Å². The van der Waals surface area contributed by atoms with Crippen molar-refractivity contribution in [2.75, 3.05) is 0 Å². The topological polar surface area (TPSA) is 26.3 Å². The van der Waals surface area contributed by atoms with Gasteiger partial charge in [-0.05, 0) is 48.9 Å². The number of hydrogen-bond donors (Lipinski definition) is 0. The second kappa shape index (κ2) is 5.28. The Labute approximate surface area is 141 Å². The monoisotopic (exact) mass is 330 g/mol. The molecule has 2 bridgehead atoms. The molecule has 0 heterocycles. The summed E-state index contributed by atoms with van der Waals surface area (Å²) >= 11 is 0. The maximum Gasteiger partial charge on any atom is 0.192 e. The Morgan fingerprint density at radius 1 is 1.35 bits per heavy atom. The highest BCUT2D eigenvalue weighted by molar-refractivity contribution is 6.74. The van der Waals surface area contributed by atoms with Gasteiger partial charge in [0.2, 0.25) is 0 Å². The summed E-state index contributed by atoms with van der Waals surface area (Å²) < 4.78 is 6.76. The molecule has 126 valence electrons. The lowest BCUT2D eigenvalue weighted by atomic mass is 9.60. The minimum Gasteiger partial charge on any atom is -0.410 e. The van der Waals surface area contributed by atoms with Gasteiger partial charge in [0.1, 0.15) is 0 Å². The summed E-state index contributed by atoms with van der Waals surface area (Å²) in [5.74, 6) is 1.40. The van der Waals surface area contributed by atoms with Crippen molar-refractivity contribution in [3.8, 4) is 0 Å². The van der Waals surface area contributed by atoms with Crippen LogP contribution in [-0.2, 0) is 9.22 Å². The van der Waals surface area contributed by atoms with E-state index in [-0.39, 0.29) is 28.3 Å². The van der Waals surface area contributed by atoms with E-state index >= 15 is 0 Å². The summed E-state index contributed by atoms with van der Waals surface area (Å²) in [6.45, 7) is 15.4. The van der Waals surface area contributed by atoms with Crippen LogP contribution in [0.3, 0.4) is 0 Å². The van der Waals surface area contributed by atoms with Gasteiger partial charge in [-0.3, -0.25) is 4.79 Å². The second-order valence-corrected chi connectivity index (χ2v) is 13.8. The lowest BCUT2D eigenvalue weighted by Gasteiger charge is -2.48. The van der Waals surface area contributed by atoms with Gasteiger partial charge in [0, 0.05) is 11.3 Å². The lowest BCUT2D eigenvalue weighted by Crippen LogP contribution is -2.53. The first-order valence-electron chi connectivity index (χ1n) is 8.83. The van der Waals surface area contributed by atoms with E-state index in [1.54, 1.807) is 6.08 Å². The molecule has 0 aliphatic heterocycles. The fourth-order valence-electron chi connectivity index (χ4n) is 4.60. The van der Waals surface area contributed by atoms with Crippen molar-refractivity contribution >= 4 is 14.1 Å². The molecule has 0 radical (unpaired) electrons. The van der Waals surface area contributed by atoms with Crippen LogP contribution in [-0.4, -0.2) is 20.2 Å². The van der Waals surface area contributed by atoms with Gasteiger partial charge in [0.25, 0.3) is 0 Å². The van der Waals surface area contributed by atoms with Crippen molar-refractivity contribution in [2.45, 2.75) is 57.8 Å². The molecule has 1 saturated carbocycles. The molecule has 0 unspecified atom stereocenters. The van der Waals surface area contributed by atoms with Gasteiger partial charge in [0.05, 0.1) is 6.10 Å². The first-order chi connectivity index (χ1) is 10.6. The third kappa shape index (κ3) is 2.35. The predicted octanol–water partition coefficient (Wildman–Crippen LogP) is 4.90. The van der Waals surface area contributed by atoms with E-state index in [0.29, 0.717) is 11.8 Å². The Balaban J connectivity index is 1.98. The van der Waals surface area contributed by atoms with E-state index in [0.717, 1.165) is 12.8 Å². The van der Waals surface area contributed by atoms with E-state index in [1.807, 2.05) is 12.2 Å². The third-order valence-electron chi connectivity index (χ3n) is 6.80. The largest absolute Gasteiger partial charge is 0.410 e. The smallest absolute Gasteiger partial charge is 0.192 e. The average Bonchev–Trinajstić information content (AvgIpc) is 3.01. The molecule has 0 aromatic carbocycles. The van der Waals surface area contributed by atoms with E-state index in [1.165, 1.54) is 0 Å². The summed E-state index contributed by atoms with van der Waals surface area (Å²) in [5, 5.41) is 0.177. The molecule has 0 aromatic rings. The van der Waals surface area contributed by atoms with Gasteiger partial charge < -0.3 is 4.43 Å². The van der Waals surface area contributed by atoms with Crippen LogP contribution < -0.4 is 0 Å². The van der Waals surface area contributed by atoms with Crippen molar-refractivity contribution in [3.63, 3.8) is 0 Å². The van der Waals surface area contributed by atoms with Crippen LogP contribution in [0.1, 0.15) is 33.6 Å². The van der Waals surface area contributed by atoms with Crippen LogP contribution in [0.2, 0.25) is 18.1 Å². The van der Waals surface area contributed by atoms with E-state index in [2.05, 4.69) is 52.6 Å². The number of ketones is 1. The Bertz CT molecular complexity index is 581. The van der Waals surface area contributed by atoms with E-state index < -0.39 is 8.32 Å². The van der Waals surface area contributed by atoms with Gasteiger partial charge >= 0.3 is 0 Å². The maximum atomic E-state index is 12.9. The molecule has 0 saturated heterocycles. The molecule has 0 N–H and O–H groups in total. The molecule has 23 heavy (non-hydrogen) atoms. The van der Waals surface area contributed by atoms with Crippen molar-refractivity contribution in [3.05, 3.63) is 37.0 Å². The molecule has 2 nitrogen and oxygen atoms in total. The zero-order valence-electron chi connectivity index (χ0n) is 15.1. The van der Waals surface area contributed by atoms with Crippen molar-refractivity contribution in [2.24, 2.45) is 23.2 Å². The molecule has 3 aliphatic carbocycles. The van der Waals surface area contributed by atoms with Gasteiger partial charge in [-0.15, -0.1) is 6.58 Å². The molecule has 0 aromatic heterocycles. The number of rotatable bonds is 4. The highest BCUT2D eigenvalue weighted by Crippen LogP contribution is 2.62. The molecular weight excluding hydrogens is 300 g/mol. The van der Waals surface area contributed by atoms with Crippen LogP contribution in [0, 0.1) is 23.2 Å². The zero-order valence-corrected chi connectivity index (χ0v) is 16.1. The highest BCUT2D eigenvalue weighted by Gasteiger charge is 2.62. The lowest BCUT2D eigenvalue weighted by molar-refractivity contribution is -0.131. The van der Waals surface area contributed by atoms with Gasteiger partial charge in [-0.2, -0.15) is 0 Å². The number of carbonyl (C=O) groups is 1. The van der Waals surface area contributed by atoms with Crippen LogP contribution in [0.4, 0.5) is 0 Å². The van der Waals surface area contributed by atoms with E-state index in [9.17, 15) is 4.79 Å². The Morgan fingerprint density at radius 3 is 2.65 bits per heavy atom. The Hall–Kier alpha value is -0.933. The minimum atomic E-state index is -1.87. The molecular formula is C20H30O2Si. The van der Waals surface area contributed by atoms with Crippen LogP contribution in [0.5, 0.6) is 0 Å². The van der Waals surface area contributed by atoms with Crippen molar-refractivity contribution < 1.29 is 9.22 Å². The fraction of sp³-hybridized carbons (Fsp3) is 0.650. The summed E-state index contributed by atoms with van der Waals surface area (Å²) in [5.41, 5.74) is -0.303. The van der Waals surface area contributed by atoms with Crippen LogP contribution in [0.15, 0.2) is 37.0 Å². The van der Waals surface area contributed by atoms with Gasteiger partial charge in [-0.25, -0.2) is 0 Å².